The zero-order valence-electron chi connectivity index (χ0n) is 16.4. The summed E-state index contributed by atoms with van der Waals surface area (Å²) >= 11 is 6.30. The molecule has 2 aromatic carbocycles. The van der Waals surface area contributed by atoms with Crippen LogP contribution in [0, 0.1) is 0 Å². The van der Waals surface area contributed by atoms with Gasteiger partial charge in [0, 0.05) is 30.6 Å². The Labute approximate surface area is 173 Å². The maximum absolute atomic E-state index is 12.7. The molecule has 0 radical (unpaired) electrons. The van der Waals surface area contributed by atoms with Crippen molar-refractivity contribution in [2.45, 2.75) is 50.6 Å². The molecule has 1 unspecified atom stereocenters. The van der Waals surface area contributed by atoms with E-state index in [1.165, 1.54) is 18.4 Å². The summed E-state index contributed by atoms with van der Waals surface area (Å²) in [7, 11) is 0. The molecule has 2 fully saturated rings. The smallest absolute Gasteiger partial charge is 0.222 e. The third-order valence-electron chi connectivity index (χ3n) is 6.41. The second-order valence-corrected chi connectivity index (χ2v) is 8.52. The van der Waals surface area contributed by atoms with Crippen molar-refractivity contribution in [3.8, 4) is 0 Å². The molecular formula is C24H29ClN2O. The van der Waals surface area contributed by atoms with E-state index in [1.54, 1.807) is 0 Å². The van der Waals surface area contributed by atoms with E-state index >= 15 is 0 Å². The topological polar surface area (TPSA) is 23.6 Å². The van der Waals surface area contributed by atoms with E-state index in [0.717, 1.165) is 43.1 Å². The van der Waals surface area contributed by atoms with Crippen LogP contribution < -0.4 is 0 Å². The minimum Gasteiger partial charge on any atom is -0.338 e. The van der Waals surface area contributed by atoms with Gasteiger partial charge in [-0.2, -0.15) is 0 Å². The third-order valence-corrected chi connectivity index (χ3v) is 6.78. The number of rotatable bonds is 4. The molecule has 2 aliphatic rings. The van der Waals surface area contributed by atoms with Crippen LogP contribution in [-0.2, 0) is 11.3 Å². The normalized spacial score (nSPS) is 22.2. The van der Waals surface area contributed by atoms with Crippen molar-refractivity contribution in [1.82, 2.24) is 9.80 Å². The predicted molar refractivity (Wildman–Crippen MR) is 114 cm³/mol. The first-order valence-electron chi connectivity index (χ1n) is 10.5. The lowest BCUT2D eigenvalue weighted by atomic mass is 9.88. The van der Waals surface area contributed by atoms with Crippen molar-refractivity contribution >= 4 is 17.5 Å². The molecule has 3 nitrogen and oxygen atoms in total. The number of piperidine rings is 1. The standard InChI is InChI=1S/C24H29ClN2O/c25-23-9-5-4-8-21(23)18-27-17-14-22(10-11-24(27)28)26-15-12-20(13-16-26)19-6-2-1-3-7-19/h1-9,20,22H,10-18H2. The molecule has 0 bridgehead atoms. The molecule has 28 heavy (non-hydrogen) atoms. The van der Waals surface area contributed by atoms with Gasteiger partial charge in [0.1, 0.15) is 0 Å². The van der Waals surface area contributed by atoms with Gasteiger partial charge in [-0.15, -0.1) is 0 Å². The van der Waals surface area contributed by atoms with E-state index in [2.05, 4.69) is 35.2 Å². The van der Waals surface area contributed by atoms with Crippen LogP contribution in [0.1, 0.15) is 49.1 Å². The predicted octanol–water partition coefficient (Wildman–Crippen LogP) is 5.10. The van der Waals surface area contributed by atoms with Crippen LogP contribution in [-0.4, -0.2) is 41.4 Å². The van der Waals surface area contributed by atoms with Crippen LogP contribution in [0.4, 0.5) is 0 Å². The third kappa shape index (κ3) is 4.59. The zero-order valence-corrected chi connectivity index (χ0v) is 17.2. The maximum atomic E-state index is 12.7. The minimum absolute atomic E-state index is 0.265. The maximum Gasteiger partial charge on any atom is 0.222 e. The van der Waals surface area contributed by atoms with Crippen molar-refractivity contribution in [3.05, 3.63) is 70.7 Å². The first-order valence-corrected chi connectivity index (χ1v) is 10.9. The van der Waals surface area contributed by atoms with Crippen LogP contribution in [0.15, 0.2) is 54.6 Å². The van der Waals surface area contributed by atoms with Gasteiger partial charge in [0.05, 0.1) is 0 Å². The molecule has 148 valence electrons. The van der Waals surface area contributed by atoms with E-state index in [-0.39, 0.29) is 5.91 Å². The minimum atomic E-state index is 0.265. The fourth-order valence-electron chi connectivity index (χ4n) is 4.71. The zero-order chi connectivity index (χ0) is 19.3. The summed E-state index contributed by atoms with van der Waals surface area (Å²) in [6, 6.07) is 19.3. The van der Waals surface area contributed by atoms with Crippen molar-refractivity contribution in [3.63, 3.8) is 0 Å². The number of hydrogen-bond acceptors (Lipinski definition) is 2. The highest BCUT2D eigenvalue weighted by Crippen LogP contribution is 2.31. The fraction of sp³-hybridized carbons (Fsp3) is 0.458. The number of carbonyl (C=O) groups excluding carboxylic acids is 1. The van der Waals surface area contributed by atoms with E-state index in [1.807, 2.05) is 29.2 Å². The lowest BCUT2D eigenvalue weighted by molar-refractivity contribution is -0.131. The molecule has 0 N–H and O–H groups in total. The molecule has 0 saturated carbocycles. The average molecular weight is 397 g/mol. The second kappa shape index (κ2) is 9.11. The molecule has 2 saturated heterocycles. The summed E-state index contributed by atoms with van der Waals surface area (Å²) in [5, 5.41) is 0.749. The van der Waals surface area contributed by atoms with Crippen LogP contribution in [0.25, 0.3) is 0 Å². The molecule has 2 heterocycles. The summed E-state index contributed by atoms with van der Waals surface area (Å²) in [6.45, 7) is 3.74. The Hall–Kier alpha value is -1.84. The Balaban J connectivity index is 1.33. The number of carbonyl (C=O) groups is 1. The lowest BCUT2D eigenvalue weighted by Crippen LogP contribution is -2.41. The van der Waals surface area contributed by atoms with Gasteiger partial charge < -0.3 is 9.80 Å². The molecule has 0 aliphatic carbocycles. The number of likely N-dealkylation sites (tertiary alicyclic amines) is 2. The first kappa shape index (κ1) is 19.5. The van der Waals surface area contributed by atoms with Crippen LogP contribution in [0.5, 0.6) is 0 Å². The molecule has 2 aromatic rings. The summed E-state index contributed by atoms with van der Waals surface area (Å²) in [5.41, 5.74) is 2.52. The Morgan fingerprint density at radius 1 is 0.857 bits per heavy atom. The average Bonchev–Trinajstić information content (AvgIpc) is 2.92. The quantitative estimate of drug-likeness (QED) is 0.717. The van der Waals surface area contributed by atoms with Crippen LogP contribution >= 0.6 is 11.6 Å². The summed E-state index contributed by atoms with van der Waals surface area (Å²) in [6.07, 6.45) is 5.13. The monoisotopic (exact) mass is 396 g/mol. The lowest BCUT2D eigenvalue weighted by Gasteiger charge is -2.37. The van der Waals surface area contributed by atoms with Gasteiger partial charge in [-0.05, 0) is 61.9 Å². The highest BCUT2D eigenvalue weighted by Gasteiger charge is 2.29. The number of benzene rings is 2. The van der Waals surface area contributed by atoms with E-state index < -0.39 is 0 Å². The highest BCUT2D eigenvalue weighted by molar-refractivity contribution is 6.31. The van der Waals surface area contributed by atoms with Crippen molar-refractivity contribution in [2.75, 3.05) is 19.6 Å². The molecule has 1 amide bonds. The SMILES string of the molecule is O=C1CCC(N2CCC(c3ccccc3)CC2)CCN1Cc1ccccc1Cl. The molecule has 1 atom stereocenters. The van der Waals surface area contributed by atoms with Gasteiger partial charge in [-0.25, -0.2) is 0 Å². The fourth-order valence-corrected chi connectivity index (χ4v) is 4.91. The Morgan fingerprint density at radius 2 is 1.57 bits per heavy atom. The highest BCUT2D eigenvalue weighted by atomic mass is 35.5. The molecular weight excluding hydrogens is 368 g/mol. The summed E-state index contributed by atoms with van der Waals surface area (Å²) in [4.78, 5) is 17.3. The molecule has 2 aliphatic heterocycles. The van der Waals surface area contributed by atoms with Gasteiger partial charge >= 0.3 is 0 Å². The number of nitrogens with zero attached hydrogens (tertiary/aromatic N) is 2. The molecule has 0 spiro atoms. The van der Waals surface area contributed by atoms with E-state index in [9.17, 15) is 4.79 Å². The van der Waals surface area contributed by atoms with Crippen LogP contribution in [0.2, 0.25) is 5.02 Å². The Morgan fingerprint density at radius 3 is 2.32 bits per heavy atom. The molecule has 0 aromatic heterocycles. The molecule has 4 heteroatoms. The number of amides is 1. The Bertz CT molecular complexity index is 786. The molecule has 4 rings (SSSR count). The Kier molecular flexibility index (Phi) is 6.33. The summed E-state index contributed by atoms with van der Waals surface area (Å²) < 4.78 is 0. The van der Waals surface area contributed by atoms with E-state index in [0.29, 0.717) is 24.9 Å². The van der Waals surface area contributed by atoms with Crippen LogP contribution in [0.3, 0.4) is 0 Å². The first-order chi connectivity index (χ1) is 13.7. The van der Waals surface area contributed by atoms with Gasteiger partial charge in [-0.3, -0.25) is 4.79 Å². The van der Waals surface area contributed by atoms with Gasteiger partial charge in [0.15, 0.2) is 0 Å². The van der Waals surface area contributed by atoms with Crippen molar-refractivity contribution in [1.29, 1.82) is 0 Å². The largest absolute Gasteiger partial charge is 0.338 e. The van der Waals surface area contributed by atoms with Gasteiger partial charge in [0.2, 0.25) is 5.91 Å². The van der Waals surface area contributed by atoms with Crippen molar-refractivity contribution in [2.24, 2.45) is 0 Å². The van der Waals surface area contributed by atoms with Gasteiger partial charge in [-0.1, -0.05) is 60.1 Å². The summed E-state index contributed by atoms with van der Waals surface area (Å²) in [5.74, 6) is 0.947. The number of hydrogen-bond donors (Lipinski definition) is 0. The van der Waals surface area contributed by atoms with E-state index in [4.69, 9.17) is 11.6 Å². The second-order valence-electron chi connectivity index (χ2n) is 8.11. The number of halogens is 1. The van der Waals surface area contributed by atoms with Crippen molar-refractivity contribution < 1.29 is 4.79 Å². The van der Waals surface area contributed by atoms with Gasteiger partial charge in [0.25, 0.3) is 0 Å².